The van der Waals surface area contributed by atoms with Crippen LogP contribution in [-0.4, -0.2) is 4.57 Å². The van der Waals surface area contributed by atoms with Gasteiger partial charge in [-0.2, -0.15) is 0 Å². The van der Waals surface area contributed by atoms with E-state index in [1.807, 2.05) is 6.07 Å². The molecule has 2 aliphatic rings. The Labute approximate surface area is 282 Å². The maximum absolute atomic E-state index is 3.57. The Morgan fingerprint density at radius 3 is 2.23 bits per heavy atom. The summed E-state index contributed by atoms with van der Waals surface area (Å²) in [6.07, 6.45) is 7.05. The summed E-state index contributed by atoms with van der Waals surface area (Å²) in [4.78, 5) is 2.47. The molecule has 0 amide bonds. The minimum Gasteiger partial charge on any atom is -0.313 e. The van der Waals surface area contributed by atoms with Crippen molar-refractivity contribution < 1.29 is 0 Å². The van der Waals surface area contributed by atoms with Crippen LogP contribution in [0.1, 0.15) is 25.7 Å². The van der Waals surface area contributed by atoms with Crippen molar-refractivity contribution in [3.8, 4) is 39.8 Å². The highest BCUT2D eigenvalue weighted by molar-refractivity contribution is 6.15. The maximum atomic E-state index is 3.57. The van der Waals surface area contributed by atoms with Crippen LogP contribution in [0.15, 0.2) is 151 Å². The summed E-state index contributed by atoms with van der Waals surface area (Å²) in [7, 11) is 0. The van der Waals surface area contributed by atoms with Gasteiger partial charge in [-0.25, -0.2) is 0 Å². The zero-order valence-corrected chi connectivity index (χ0v) is 26.7. The molecule has 0 saturated heterocycles. The lowest BCUT2D eigenvalue weighted by Crippen LogP contribution is -2.30. The summed E-state index contributed by atoms with van der Waals surface area (Å²) in [6, 6.07) is 56.8. The van der Waals surface area contributed by atoms with Crippen LogP contribution in [0.3, 0.4) is 0 Å². The molecule has 1 aromatic heterocycles. The van der Waals surface area contributed by atoms with Crippen molar-refractivity contribution in [1.29, 1.82) is 0 Å². The first kappa shape index (κ1) is 28.3. The maximum Gasteiger partial charge on any atom is 0.0632 e. The van der Waals surface area contributed by atoms with Crippen molar-refractivity contribution in [3.05, 3.63) is 163 Å². The van der Waals surface area contributed by atoms with Crippen molar-refractivity contribution in [1.82, 2.24) is 4.57 Å². The largest absolute Gasteiger partial charge is 0.313 e. The Kier molecular flexibility index (Phi) is 7.07. The summed E-state index contributed by atoms with van der Waals surface area (Å²) in [6.45, 7) is 0. The van der Waals surface area contributed by atoms with Crippen LogP contribution in [0.25, 0.3) is 49.7 Å². The molecule has 0 aliphatic heterocycles. The average molecular weight is 615 g/mol. The monoisotopic (exact) mass is 614 g/mol. The van der Waals surface area contributed by atoms with Crippen molar-refractivity contribution in [2.24, 2.45) is 11.8 Å². The SMILES string of the molecule is C1#CC2CCCCC2C(N(c2ccc(-c3ccccc3)cc2)c2cccc(-c3cccc4c3c3c#cccc3n4-c3ccccc3)c2)=C1. The van der Waals surface area contributed by atoms with Crippen molar-refractivity contribution in [2.45, 2.75) is 25.7 Å². The van der Waals surface area contributed by atoms with Crippen molar-refractivity contribution in [3.63, 3.8) is 0 Å². The molecule has 0 bridgehead atoms. The van der Waals surface area contributed by atoms with Crippen LogP contribution in [0.2, 0.25) is 0 Å². The van der Waals surface area contributed by atoms with Gasteiger partial charge in [0.25, 0.3) is 0 Å². The van der Waals surface area contributed by atoms with Crippen LogP contribution in [0, 0.1) is 35.8 Å². The van der Waals surface area contributed by atoms with Gasteiger partial charge in [-0.15, -0.1) is 0 Å². The number of allylic oxidation sites excluding steroid dienone is 2. The highest BCUT2D eigenvalue weighted by atomic mass is 15.2. The van der Waals surface area contributed by atoms with Gasteiger partial charge in [0.1, 0.15) is 0 Å². The van der Waals surface area contributed by atoms with Crippen LogP contribution in [0.5, 0.6) is 0 Å². The fourth-order valence-corrected chi connectivity index (χ4v) is 7.88. The van der Waals surface area contributed by atoms with Crippen molar-refractivity contribution in [2.75, 3.05) is 4.90 Å². The molecule has 9 rings (SSSR count). The molecule has 2 unspecified atom stereocenters. The molecule has 0 spiro atoms. The highest BCUT2D eigenvalue weighted by Gasteiger charge is 2.32. The molecule has 2 aliphatic carbocycles. The highest BCUT2D eigenvalue weighted by Crippen LogP contribution is 2.44. The third-order valence-electron chi connectivity index (χ3n) is 10.1. The van der Waals surface area contributed by atoms with Gasteiger partial charge in [0, 0.05) is 46.1 Å². The van der Waals surface area contributed by atoms with Gasteiger partial charge in [-0.05, 0) is 89.7 Å². The van der Waals surface area contributed by atoms with Crippen LogP contribution >= 0.6 is 0 Å². The van der Waals surface area contributed by atoms with E-state index in [0.29, 0.717) is 11.8 Å². The topological polar surface area (TPSA) is 8.17 Å². The zero-order valence-electron chi connectivity index (χ0n) is 26.7. The number of nitrogens with zero attached hydrogens (tertiary/aromatic N) is 2. The Hall–Kier alpha value is -5.96. The molecule has 2 heteroatoms. The molecule has 2 nitrogen and oxygen atoms in total. The number of hydrogen-bond donors (Lipinski definition) is 0. The number of para-hydroxylation sites is 1. The molecule has 228 valence electrons. The molecule has 7 aromatic rings. The number of anilines is 2. The quantitative estimate of drug-likeness (QED) is 0.169. The first-order valence-corrected chi connectivity index (χ1v) is 17.0. The van der Waals surface area contributed by atoms with Gasteiger partial charge in [0.2, 0.25) is 0 Å². The van der Waals surface area contributed by atoms with E-state index in [-0.39, 0.29) is 0 Å². The van der Waals surface area contributed by atoms with E-state index >= 15 is 0 Å². The Morgan fingerprint density at radius 1 is 0.625 bits per heavy atom. The second-order valence-electron chi connectivity index (χ2n) is 12.9. The first-order chi connectivity index (χ1) is 23.8. The molecule has 48 heavy (non-hydrogen) atoms. The third-order valence-corrected chi connectivity index (χ3v) is 10.1. The van der Waals surface area contributed by atoms with Gasteiger partial charge < -0.3 is 9.47 Å². The number of rotatable bonds is 6. The Bertz CT molecular complexity index is 2350. The van der Waals surface area contributed by atoms with Crippen molar-refractivity contribution >= 4 is 33.2 Å². The molecular weight excluding hydrogens is 581 g/mol. The fourth-order valence-electron chi connectivity index (χ4n) is 7.88. The normalized spacial score (nSPS) is 16.8. The first-order valence-electron chi connectivity index (χ1n) is 17.0. The lowest BCUT2D eigenvalue weighted by Gasteiger charge is -2.38. The van der Waals surface area contributed by atoms with Crippen LogP contribution < -0.4 is 4.90 Å². The standard InChI is InChI=1S/C46H34N2/c1-3-14-33(15-4-1)34-28-30-38(31-29-34)47(43-26-12-17-35-16-7-8-22-40(35)43)39-21-11-18-36(32-39)41-24-13-27-45-46(41)42-23-9-10-25-44(42)48(45)37-19-5-2-6-20-37/h1-6,10-11,13-15,18-21,24-32,35,40H,7-8,16,22H2. The van der Waals surface area contributed by atoms with E-state index in [0.717, 1.165) is 28.0 Å². The number of benzene rings is 5. The molecule has 1 fully saturated rings. The molecule has 2 atom stereocenters. The lowest BCUT2D eigenvalue weighted by molar-refractivity contribution is 0.328. The van der Waals surface area contributed by atoms with Gasteiger partial charge in [-0.1, -0.05) is 122 Å². The summed E-state index contributed by atoms with van der Waals surface area (Å²) in [5, 5.41) is 2.28. The molecule has 1 saturated carbocycles. The van der Waals surface area contributed by atoms with E-state index < -0.39 is 0 Å². The predicted octanol–water partition coefficient (Wildman–Crippen LogP) is 11.6. The number of hydrogen-bond acceptors (Lipinski definition) is 1. The lowest BCUT2D eigenvalue weighted by atomic mass is 9.75. The van der Waals surface area contributed by atoms with E-state index in [2.05, 4.69) is 173 Å². The minimum atomic E-state index is 0.415. The van der Waals surface area contributed by atoms with E-state index in [1.165, 1.54) is 64.5 Å². The molecule has 0 radical (unpaired) electrons. The predicted molar refractivity (Wildman–Crippen MR) is 199 cm³/mol. The summed E-state index contributed by atoms with van der Waals surface area (Å²) in [5.41, 5.74) is 11.9. The molecule has 1 heterocycles. The summed E-state index contributed by atoms with van der Waals surface area (Å²) >= 11 is 0. The van der Waals surface area contributed by atoms with Gasteiger partial charge in [0.15, 0.2) is 0 Å². The summed E-state index contributed by atoms with van der Waals surface area (Å²) in [5.74, 6) is 7.84. The van der Waals surface area contributed by atoms with Gasteiger partial charge in [0.05, 0.1) is 16.4 Å². The summed E-state index contributed by atoms with van der Waals surface area (Å²) < 4.78 is 2.34. The van der Waals surface area contributed by atoms with Gasteiger partial charge in [-0.3, -0.25) is 0 Å². The third kappa shape index (κ3) is 4.86. The van der Waals surface area contributed by atoms with Crippen LogP contribution in [-0.2, 0) is 0 Å². The van der Waals surface area contributed by atoms with Crippen LogP contribution in [0.4, 0.5) is 11.4 Å². The average Bonchev–Trinajstić information content (AvgIpc) is 3.51. The number of fused-ring (bicyclic) bond motifs is 4. The molecular formula is C46H34N2. The molecule has 6 aromatic carbocycles. The van der Waals surface area contributed by atoms with E-state index in [9.17, 15) is 0 Å². The fraction of sp³-hybridized carbons (Fsp3) is 0.130. The number of aromatic nitrogens is 1. The minimum absolute atomic E-state index is 0.415. The second-order valence-corrected chi connectivity index (χ2v) is 12.9. The Morgan fingerprint density at radius 2 is 1.38 bits per heavy atom. The Balaban J connectivity index is 1.21. The second kappa shape index (κ2) is 12.0. The van der Waals surface area contributed by atoms with E-state index in [1.54, 1.807) is 0 Å². The van der Waals surface area contributed by atoms with Gasteiger partial charge >= 0.3 is 0 Å². The smallest absolute Gasteiger partial charge is 0.0632 e. The zero-order chi connectivity index (χ0) is 31.9. The van der Waals surface area contributed by atoms with E-state index in [4.69, 9.17) is 0 Å². The molecule has 0 N–H and O–H groups in total.